The second-order valence-corrected chi connectivity index (χ2v) is 9.90. The number of aliphatic hydroxyl groups is 1. The van der Waals surface area contributed by atoms with Crippen LogP contribution in [0.2, 0.25) is 0 Å². The molecule has 1 amide bonds. The summed E-state index contributed by atoms with van der Waals surface area (Å²) in [6, 6.07) is 8.06. The Hall–Kier alpha value is -3.45. The minimum atomic E-state index is -4.75. The first kappa shape index (κ1) is 26.2. The van der Waals surface area contributed by atoms with E-state index in [-0.39, 0.29) is 41.2 Å². The van der Waals surface area contributed by atoms with E-state index in [0.29, 0.717) is 32.5 Å². The minimum Gasteiger partial charge on any atom is -0.390 e. The van der Waals surface area contributed by atoms with E-state index in [4.69, 9.17) is 0 Å². The van der Waals surface area contributed by atoms with Crippen molar-refractivity contribution in [2.45, 2.75) is 51.1 Å². The van der Waals surface area contributed by atoms with Crippen LogP contribution in [0, 0.1) is 0 Å². The molecule has 2 aliphatic rings. The van der Waals surface area contributed by atoms with Gasteiger partial charge in [-0.2, -0.15) is 18.3 Å². The third-order valence-corrected chi connectivity index (χ3v) is 7.13. The van der Waals surface area contributed by atoms with Gasteiger partial charge in [0.2, 0.25) is 11.7 Å². The lowest BCUT2D eigenvalue weighted by Gasteiger charge is -2.32. The van der Waals surface area contributed by atoms with Crippen molar-refractivity contribution in [3.05, 3.63) is 41.2 Å². The molecule has 4 N–H and O–H groups in total. The maximum Gasteiger partial charge on any atom is 0.451 e. The quantitative estimate of drug-likeness (QED) is 0.367. The van der Waals surface area contributed by atoms with Gasteiger partial charge in [-0.15, -0.1) is 0 Å². The molecule has 2 aliphatic heterocycles. The summed E-state index contributed by atoms with van der Waals surface area (Å²) in [7, 11) is 0. The Balaban J connectivity index is 1.27. The fraction of sp³-hybridized carbons (Fsp3) is 0.520. The van der Waals surface area contributed by atoms with Crippen LogP contribution < -0.4 is 10.6 Å². The molecule has 1 fully saturated rings. The van der Waals surface area contributed by atoms with E-state index < -0.39 is 18.1 Å². The Labute approximate surface area is 217 Å². The molecule has 1 aromatic carbocycles. The van der Waals surface area contributed by atoms with E-state index in [0.717, 1.165) is 19.5 Å². The highest BCUT2D eigenvalue weighted by Gasteiger charge is 2.37. The van der Waals surface area contributed by atoms with Crippen molar-refractivity contribution in [2.24, 2.45) is 0 Å². The number of anilines is 2. The van der Waals surface area contributed by atoms with E-state index in [1.807, 2.05) is 12.1 Å². The number of alkyl halides is 3. The highest BCUT2D eigenvalue weighted by atomic mass is 19.4. The monoisotopic (exact) mass is 532 g/mol. The maximum atomic E-state index is 13.6. The van der Waals surface area contributed by atoms with Crippen LogP contribution in [0.3, 0.4) is 0 Å². The summed E-state index contributed by atoms with van der Waals surface area (Å²) in [6.07, 6.45) is -3.44. The van der Waals surface area contributed by atoms with E-state index in [9.17, 15) is 23.1 Å². The van der Waals surface area contributed by atoms with Crippen molar-refractivity contribution in [3.8, 4) is 0 Å². The zero-order valence-corrected chi connectivity index (χ0v) is 21.1. The number of aromatic nitrogens is 4. The number of fused-ring (bicyclic) bond motifs is 2. The third kappa shape index (κ3) is 5.83. The fourth-order valence-corrected chi connectivity index (χ4v) is 5.08. The minimum absolute atomic E-state index is 0.00454. The van der Waals surface area contributed by atoms with Gasteiger partial charge in [0.1, 0.15) is 11.0 Å². The number of likely N-dealkylation sites (tertiary alicyclic amines) is 1. The summed E-state index contributed by atoms with van der Waals surface area (Å²) in [4.78, 5) is 22.9. The lowest BCUT2D eigenvalue weighted by molar-refractivity contribution is -0.144. The first-order valence-electron chi connectivity index (χ1n) is 12.7. The number of carbonyl (C=O) groups excluding carboxylic acids is 1. The number of β-amino-alcohol motifs (C(OH)–C–C–N with tert-alkyl or cyclic N) is 1. The van der Waals surface area contributed by atoms with Gasteiger partial charge in [0.15, 0.2) is 11.6 Å². The molecule has 204 valence electrons. The molecule has 0 radical (unpaired) electrons. The zero-order chi connectivity index (χ0) is 26.9. The van der Waals surface area contributed by atoms with Crippen molar-refractivity contribution in [1.82, 2.24) is 30.0 Å². The van der Waals surface area contributed by atoms with Crippen LogP contribution >= 0.6 is 0 Å². The van der Waals surface area contributed by atoms with Crippen molar-refractivity contribution >= 4 is 28.6 Å². The van der Waals surface area contributed by atoms with Gasteiger partial charge >= 0.3 is 6.18 Å². The van der Waals surface area contributed by atoms with Gasteiger partial charge in [-0.3, -0.25) is 14.8 Å². The van der Waals surface area contributed by atoms with Crippen LogP contribution in [0.1, 0.15) is 36.7 Å². The normalized spacial score (nSPS) is 17.9. The van der Waals surface area contributed by atoms with Crippen molar-refractivity contribution in [1.29, 1.82) is 0 Å². The second kappa shape index (κ2) is 10.7. The SMILES string of the molecule is CC(=O)N1CCC(Nc2nc(C(F)(F)F)nc3c(NC[C@H](O)CN4CCc5ccccc5C4)n[nH]c23)CC1. The van der Waals surface area contributed by atoms with Gasteiger partial charge in [0.25, 0.3) is 0 Å². The van der Waals surface area contributed by atoms with Crippen molar-refractivity contribution < 1.29 is 23.1 Å². The van der Waals surface area contributed by atoms with Crippen molar-refractivity contribution in [3.63, 3.8) is 0 Å². The van der Waals surface area contributed by atoms with Crippen LogP contribution in [0.15, 0.2) is 24.3 Å². The van der Waals surface area contributed by atoms with Gasteiger partial charge in [-0.05, 0) is 30.4 Å². The summed E-state index contributed by atoms with van der Waals surface area (Å²) in [6.45, 7) is 4.60. The zero-order valence-electron chi connectivity index (χ0n) is 21.1. The molecule has 4 heterocycles. The Bertz CT molecular complexity index is 1290. The second-order valence-electron chi connectivity index (χ2n) is 9.90. The molecule has 0 saturated carbocycles. The van der Waals surface area contributed by atoms with Crippen LogP contribution in [0.25, 0.3) is 11.0 Å². The molecule has 3 aromatic rings. The highest BCUT2D eigenvalue weighted by molar-refractivity contribution is 5.93. The number of rotatable bonds is 7. The predicted octanol–water partition coefficient (Wildman–Crippen LogP) is 2.63. The number of benzene rings is 1. The first-order chi connectivity index (χ1) is 18.2. The average Bonchev–Trinajstić information content (AvgIpc) is 3.30. The molecule has 38 heavy (non-hydrogen) atoms. The van der Waals surface area contributed by atoms with Gasteiger partial charge in [-0.1, -0.05) is 24.3 Å². The molecule has 10 nitrogen and oxygen atoms in total. The molecule has 0 aliphatic carbocycles. The van der Waals surface area contributed by atoms with E-state index >= 15 is 0 Å². The Kier molecular flexibility index (Phi) is 7.39. The topological polar surface area (TPSA) is 122 Å². The number of piperidine rings is 1. The number of hydrogen-bond donors (Lipinski definition) is 4. The Morgan fingerprint density at radius 2 is 1.89 bits per heavy atom. The molecular formula is C25H31F3N8O2. The molecule has 0 spiro atoms. The van der Waals surface area contributed by atoms with Crippen LogP contribution in [-0.2, 0) is 23.9 Å². The number of amides is 1. The molecule has 5 rings (SSSR count). The number of hydrogen-bond acceptors (Lipinski definition) is 8. The largest absolute Gasteiger partial charge is 0.451 e. The summed E-state index contributed by atoms with van der Waals surface area (Å²) in [5.74, 6) is -1.17. The fourth-order valence-electron chi connectivity index (χ4n) is 5.08. The van der Waals surface area contributed by atoms with Crippen LogP contribution in [0.5, 0.6) is 0 Å². The standard InChI is InChI=1S/C25H31F3N8O2/c1-15(37)36-10-7-18(8-11-36)30-23-21-20(31-24(32-23)25(26,27)28)22(34-33-21)29-12-19(38)14-35-9-6-16-4-2-3-5-17(16)13-35/h2-5,18-19,38H,6-14H2,1H3,(H2,29,33,34)(H,30,31,32)/t19-/m0/s1. The maximum absolute atomic E-state index is 13.6. The van der Waals surface area contributed by atoms with E-state index in [1.165, 1.54) is 18.1 Å². The number of nitrogens with zero attached hydrogens (tertiary/aromatic N) is 5. The number of halogens is 3. The summed E-state index contributed by atoms with van der Waals surface area (Å²) >= 11 is 0. The molecule has 1 saturated heterocycles. The lowest BCUT2D eigenvalue weighted by Crippen LogP contribution is -2.41. The smallest absolute Gasteiger partial charge is 0.390 e. The van der Waals surface area contributed by atoms with E-state index in [2.05, 4.69) is 47.8 Å². The summed E-state index contributed by atoms with van der Waals surface area (Å²) in [5.41, 5.74) is 2.79. The molecule has 1 atom stereocenters. The number of aromatic amines is 1. The van der Waals surface area contributed by atoms with Crippen LogP contribution in [-0.4, -0.2) is 85.8 Å². The third-order valence-electron chi connectivity index (χ3n) is 7.13. The lowest BCUT2D eigenvalue weighted by atomic mass is 10.00. The average molecular weight is 533 g/mol. The summed E-state index contributed by atoms with van der Waals surface area (Å²) in [5, 5.41) is 23.6. The Morgan fingerprint density at radius 1 is 1.16 bits per heavy atom. The molecule has 0 unspecified atom stereocenters. The molecule has 0 bridgehead atoms. The van der Waals surface area contributed by atoms with Gasteiger partial charge < -0.3 is 20.6 Å². The van der Waals surface area contributed by atoms with Gasteiger partial charge in [-0.25, -0.2) is 9.97 Å². The molecule has 2 aromatic heterocycles. The van der Waals surface area contributed by atoms with Gasteiger partial charge in [0.05, 0.1) is 6.10 Å². The molecular weight excluding hydrogens is 501 g/mol. The van der Waals surface area contributed by atoms with Crippen molar-refractivity contribution in [2.75, 3.05) is 43.4 Å². The number of aliphatic hydroxyl groups excluding tert-OH is 1. The predicted molar refractivity (Wildman–Crippen MR) is 136 cm³/mol. The molecule has 13 heteroatoms. The number of nitrogens with one attached hydrogen (secondary N) is 3. The van der Waals surface area contributed by atoms with Crippen LogP contribution in [0.4, 0.5) is 24.8 Å². The van der Waals surface area contributed by atoms with Gasteiger partial charge in [0, 0.05) is 52.2 Å². The number of carbonyl (C=O) groups is 1. The highest BCUT2D eigenvalue weighted by Crippen LogP contribution is 2.32. The first-order valence-corrected chi connectivity index (χ1v) is 12.7. The summed E-state index contributed by atoms with van der Waals surface area (Å²) < 4.78 is 40.9. The van der Waals surface area contributed by atoms with E-state index in [1.54, 1.807) is 4.90 Å². The number of H-pyrrole nitrogens is 1. The Morgan fingerprint density at radius 3 is 2.61 bits per heavy atom.